The number of thioether (sulfide) groups is 1. The zero-order valence-corrected chi connectivity index (χ0v) is 28.9. The first kappa shape index (κ1) is 31.9. The van der Waals surface area contributed by atoms with Gasteiger partial charge in [0.25, 0.3) is 0 Å². The molecule has 2 saturated heterocycles. The monoisotopic (exact) mass is 660 g/mol. The summed E-state index contributed by atoms with van der Waals surface area (Å²) < 4.78 is 12.5. The molecule has 0 saturated carbocycles. The summed E-state index contributed by atoms with van der Waals surface area (Å²) in [6.07, 6.45) is 0. The van der Waals surface area contributed by atoms with Gasteiger partial charge in [-0.05, 0) is 78.1 Å². The van der Waals surface area contributed by atoms with Crippen molar-refractivity contribution in [2.75, 3.05) is 14.2 Å². The van der Waals surface area contributed by atoms with Crippen molar-refractivity contribution in [2.24, 2.45) is 0 Å². The number of hydrogen-bond donors (Lipinski definition) is 1. The molecule has 5 aromatic rings. The Balaban J connectivity index is 1.28. The van der Waals surface area contributed by atoms with Gasteiger partial charge in [-0.25, -0.2) is 4.68 Å². The van der Waals surface area contributed by atoms with Crippen LogP contribution in [0.2, 0.25) is 0 Å². The fraction of sp³-hybridized carbons (Fsp3) is 0.316. The molecule has 246 valence electrons. The third kappa shape index (κ3) is 5.14. The highest BCUT2D eigenvalue weighted by Crippen LogP contribution is 2.58. The summed E-state index contributed by atoms with van der Waals surface area (Å²) in [6, 6.07) is 32.3. The number of tetrazole rings is 1. The van der Waals surface area contributed by atoms with Gasteiger partial charge < -0.3 is 14.4 Å². The van der Waals surface area contributed by atoms with Crippen molar-refractivity contribution >= 4 is 17.7 Å². The third-order valence-corrected chi connectivity index (χ3v) is 11.3. The van der Waals surface area contributed by atoms with E-state index in [1.165, 1.54) is 0 Å². The van der Waals surface area contributed by atoms with Gasteiger partial charge in [-0.1, -0.05) is 78.9 Å². The maximum Gasteiger partial charge on any atom is 0.244 e. The quantitative estimate of drug-likeness (QED) is 0.143. The number of amides is 1. The van der Waals surface area contributed by atoms with Gasteiger partial charge in [0.15, 0.2) is 5.82 Å². The Bertz CT molecular complexity index is 1920. The normalized spacial score (nSPS) is 19.9. The number of nitrogens with one attached hydrogen (secondary N) is 1. The summed E-state index contributed by atoms with van der Waals surface area (Å²) in [6.45, 7) is 9.01. The van der Waals surface area contributed by atoms with Gasteiger partial charge >= 0.3 is 0 Å². The molecule has 2 aliphatic heterocycles. The minimum atomic E-state index is -0.778. The van der Waals surface area contributed by atoms with Gasteiger partial charge in [0, 0.05) is 16.4 Å². The lowest BCUT2D eigenvalue weighted by Crippen LogP contribution is -2.70. The average Bonchev–Trinajstić information content (AvgIpc) is 3.65. The molecule has 9 nitrogen and oxygen atoms in total. The van der Waals surface area contributed by atoms with E-state index in [2.05, 4.69) is 121 Å². The van der Waals surface area contributed by atoms with Crippen molar-refractivity contribution < 1.29 is 14.3 Å². The summed E-state index contributed by atoms with van der Waals surface area (Å²) in [5.74, 6) is 2.06. The smallest absolute Gasteiger partial charge is 0.244 e. The van der Waals surface area contributed by atoms with Crippen molar-refractivity contribution in [2.45, 2.75) is 62.0 Å². The van der Waals surface area contributed by atoms with Crippen LogP contribution in [0.25, 0.3) is 0 Å². The molecule has 10 heteroatoms. The summed E-state index contributed by atoms with van der Waals surface area (Å²) in [4.78, 5) is 16.5. The van der Waals surface area contributed by atoms with E-state index in [4.69, 9.17) is 9.47 Å². The van der Waals surface area contributed by atoms with Crippen LogP contribution in [0, 0.1) is 13.8 Å². The molecule has 1 N–H and O–H groups in total. The highest BCUT2D eigenvalue weighted by atomic mass is 32.2. The fourth-order valence-electron chi connectivity index (χ4n) is 7.43. The van der Waals surface area contributed by atoms with Crippen molar-refractivity contribution in [1.82, 2.24) is 30.4 Å². The third-order valence-electron chi connectivity index (χ3n) is 9.74. The van der Waals surface area contributed by atoms with Gasteiger partial charge in [0.1, 0.15) is 29.0 Å². The maximum absolute atomic E-state index is 14.6. The van der Waals surface area contributed by atoms with Crippen LogP contribution in [-0.2, 0) is 16.9 Å². The number of ether oxygens (including phenoxy) is 2. The van der Waals surface area contributed by atoms with Crippen LogP contribution in [0.4, 0.5) is 0 Å². The second kappa shape index (κ2) is 12.4. The van der Waals surface area contributed by atoms with Crippen LogP contribution >= 0.6 is 11.8 Å². The number of β-lactam (4-membered cyclic amide) rings is 1. The van der Waals surface area contributed by atoms with Crippen molar-refractivity contribution in [3.63, 3.8) is 0 Å². The fourth-order valence-corrected chi connectivity index (χ4v) is 9.06. The lowest BCUT2D eigenvalue weighted by atomic mass is 9.73. The number of benzene rings is 4. The molecule has 0 aliphatic carbocycles. The maximum atomic E-state index is 14.6. The minimum Gasteiger partial charge on any atom is -0.497 e. The number of aryl methyl sites for hydroxylation is 2. The van der Waals surface area contributed by atoms with Gasteiger partial charge in [0.2, 0.25) is 5.91 Å². The second-order valence-electron chi connectivity index (χ2n) is 13.0. The Labute approximate surface area is 285 Å². The van der Waals surface area contributed by atoms with Crippen molar-refractivity contribution in [1.29, 1.82) is 0 Å². The number of methoxy groups -OCH3 is 2. The molecule has 0 bridgehead atoms. The largest absolute Gasteiger partial charge is 0.497 e. The molecule has 1 aromatic heterocycles. The lowest BCUT2D eigenvalue weighted by molar-refractivity contribution is -0.150. The molecule has 7 rings (SSSR count). The van der Waals surface area contributed by atoms with E-state index in [-0.39, 0.29) is 22.1 Å². The SMILES string of the molecule is COc1ccc(Cn2nnnc2C2N3C(=O)C(NC(c4ccccc4)(c4ccccc4C)c4ccccc4C)C3SC2(C)C)c(OC)c1. The highest BCUT2D eigenvalue weighted by molar-refractivity contribution is 8.01. The molecule has 0 radical (unpaired) electrons. The van der Waals surface area contributed by atoms with Gasteiger partial charge in [0.05, 0.1) is 26.3 Å². The molecular weight excluding hydrogens is 621 g/mol. The summed E-state index contributed by atoms with van der Waals surface area (Å²) in [5, 5.41) is 16.8. The number of aromatic nitrogens is 4. The van der Waals surface area contributed by atoms with Gasteiger partial charge in [-0.2, -0.15) is 0 Å². The van der Waals surface area contributed by atoms with E-state index >= 15 is 0 Å². The van der Waals surface area contributed by atoms with Gasteiger partial charge in [-0.15, -0.1) is 16.9 Å². The van der Waals surface area contributed by atoms with Crippen LogP contribution in [-0.4, -0.2) is 61.4 Å². The number of carbonyl (C=O) groups is 1. The van der Waals surface area contributed by atoms with Crippen LogP contribution in [0.5, 0.6) is 11.5 Å². The van der Waals surface area contributed by atoms with E-state index in [0.717, 1.165) is 33.4 Å². The first-order valence-corrected chi connectivity index (χ1v) is 17.0. The number of hydrogen-bond acceptors (Lipinski definition) is 8. The predicted octanol–water partition coefficient (Wildman–Crippen LogP) is 6.04. The van der Waals surface area contributed by atoms with E-state index in [1.54, 1.807) is 30.7 Å². The molecule has 0 spiro atoms. The molecular formula is C38H40N6O3S. The number of nitrogens with zero attached hydrogens (tertiary/aromatic N) is 5. The zero-order valence-electron chi connectivity index (χ0n) is 28.0. The molecule has 3 unspecified atom stereocenters. The Hall–Kier alpha value is -4.67. The molecule has 1 amide bonds. The summed E-state index contributed by atoms with van der Waals surface area (Å²) >= 11 is 1.79. The Morgan fingerprint density at radius 2 is 1.52 bits per heavy atom. The van der Waals surface area contributed by atoms with Crippen LogP contribution in [0.3, 0.4) is 0 Å². The van der Waals surface area contributed by atoms with Gasteiger partial charge in [-0.3, -0.25) is 10.1 Å². The minimum absolute atomic E-state index is 0.0297. The standard InChI is InChI=1S/C38H40N6O3S/c1-24-14-10-12-18-29(24)38(27-16-8-7-9-17-27,30-19-13-11-15-25(30)2)39-32-35(45)44-33(37(3,4)48-36(32)44)34-40-41-42-43(34)23-26-20-21-28(46-5)22-31(26)47-6/h7-22,32-33,36,39H,23H2,1-6H3. The Morgan fingerprint density at radius 3 is 2.15 bits per heavy atom. The van der Waals surface area contributed by atoms with E-state index in [9.17, 15) is 4.79 Å². The zero-order chi connectivity index (χ0) is 33.6. The molecule has 2 aliphatic rings. The van der Waals surface area contributed by atoms with E-state index in [0.29, 0.717) is 23.9 Å². The average molecular weight is 661 g/mol. The van der Waals surface area contributed by atoms with Crippen LogP contribution in [0.1, 0.15) is 59.1 Å². The predicted molar refractivity (Wildman–Crippen MR) is 187 cm³/mol. The molecule has 48 heavy (non-hydrogen) atoms. The topological polar surface area (TPSA) is 94.4 Å². The van der Waals surface area contributed by atoms with Crippen molar-refractivity contribution in [3.05, 3.63) is 136 Å². The van der Waals surface area contributed by atoms with Crippen LogP contribution < -0.4 is 14.8 Å². The molecule has 3 heterocycles. The molecule has 3 atom stereocenters. The number of rotatable bonds is 10. The first-order valence-electron chi connectivity index (χ1n) is 16.1. The Kier molecular flexibility index (Phi) is 8.25. The second-order valence-corrected chi connectivity index (χ2v) is 14.8. The number of fused-ring (bicyclic) bond motifs is 1. The lowest BCUT2D eigenvalue weighted by Gasteiger charge is -2.50. The summed E-state index contributed by atoms with van der Waals surface area (Å²) in [5.41, 5.74) is 5.74. The van der Waals surface area contributed by atoms with E-state index < -0.39 is 11.6 Å². The van der Waals surface area contributed by atoms with Crippen LogP contribution in [0.15, 0.2) is 97.1 Å². The van der Waals surface area contributed by atoms with Crippen molar-refractivity contribution in [3.8, 4) is 11.5 Å². The molecule has 2 fully saturated rings. The molecule has 4 aromatic carbocycles. The first-order chi connectivity index (χ1) is 23.2. The Morgan fingerprint density at radius 1 is 0.875 bits per heavy atom. The summed E-state index contributed by atoms with van der Waals surface area (Å²) in [7, 11) is 3.26. The highest BCUT2D eigenvalue weighted by Gasteiger charge is 2.64. The number of carbonyl (C=O) groups excluding carboxylic acids is 1. The van der Waals surface area contributed by atoms with E-state index in [1.807, 2.05) is 29.2 Å².